The maximum Gasteiger partial charge on any atom is 0.416 e. The zero-order valence-electron chi connectivity index (χ0n) is 15.3. The fourth-order valence-corrected chi connectivity index (χ4v) is 2.93. The Morgan fingerprint density at radius 3 is 2.70 bits per heavy atom. The molecule has 10 heteroatoms. The van der Waals surface area contributed by atoms with Crippen LogP contribution in [0.2, 0.25) is 0 Å². The summed E-state index contributed by atoms with van der Waals surface area (Å²) in [5, 5.41) is 2.53. The van der Waals surface area contributed by atoms with E-state index in [0.717, 1.165) is 24.4 Å². The van der Waals surface area contributed by atoms with Crippen molar-refractivity contribution in [3.8, 4) is 17.0 Å². The third-order valence-corrected chi connectivity index (χ3v) is 4.36. The molecule has 30 heavy (non-hydrogen) atoms. The molecule has 0 atom stereocenters. The van der Waals surface area contributed by atoms with Gasteiger partial charge in [-0.1, -0.05) is 12.1 Å². The number of fused-ring (bicyclic) bond motifs is 1. The number of nitrogens with zero attached hydrogens (tertiary/aromatic N) is 3. The Balaban J connectivity index is 1.65. The van der Waals surface area contributed by atoms with Crippen LogP contribution in [-0.4, -0.2) is 29.2 Å². The number of hydrogen-bond acceptors (Lipinski definition) is 4. The van der Waals surface area contributed by atoms with Crippen LogP contribution in [0.15, 0.2) is 54.7 Å². The first kappa shape index (κ1) is 19.6. The highest BCUT2D eigenvalue weighted by molar-refractivity contribution is 6.01. The van der Waals surface area contributed by atoms with E-state index >= 15 is 0 Å². The van der Waals surface area contributed by atoms with Crippen LogP contribution in [0.25, 0.3) is 11.3 Å². The van der Waals surface area contributed by atoms with E-state index in [9.17, 15) is 22.4 Å². The lowest BCUT2D eigenvalue weighted by Gasteiger charge is -2.28. The lowest BCUT2D eigenvalue weighted by atomic mass is 10.1. The van der Waals surface area contributed by atoms with E-state index in [1.165, 1.54) is 29.2 Å². The molecule has 0 spiro atoms. The molecule has 1 aliphatic rings. The summed E-state index contributed by atoms with van der Waals surface area (Å²) in [6.07, 6.45) is -3.52. The Morgan fingerprint density at radius 2 is 1.97 bits per heavy atom. The number of amides is 2. The van der Waals surface area contributed by atoms with Gasteiger partial charge in [0.05, 0.1) is 24.0 Å². The second-order valence-corrected chi connectivity index (χ2v) is 6.39. The molecular weight excluding hydrogens is 404 g/mol. The minimum Gasteiger partial charge on any atom is -0.488 e. The lowest BCUT2D eigenvalue weighted by Crippen LogP contribution is -2.41. The van der Waals surface area contributed by atoms with Gasteiger partial charge in [-0.2, -0.15) is 13.2 Å². The summed E-state index contributed by atoms with van der Waals surface area (Å²) in [6.45, 7) is 0.376. The Kier molecular flexibility index (Phi) is 4.98. The first-order valence-electron chi connectivity index (χ1n) is 8.83. The van der Waals surface area contributed by atoms with Crippen molar-refractivity contribution in [3.63, 3.8) is 0 Å². The number of carbonyl (C=O) groups is 1. The van der Waals surface area contributed by atoms with Gasteiger partial charge in [-0.15, -0.1) is 0 Å². The third kappa shape index (κ3) is 4.02. The van der Waals surface area contributed by atoms with E-state index < -0.39 is 23.6 Å². The number of pyridine rings is 2. The van der Waals surface area contributed by atoms with E-state index in [-0.39, 0.29) is 36.0 Å². The summed E-state index contributed by atoms with van der Waals surface area (Å²) in [6, 6.07) is 9.71. The summed E-state index contributed by atoms with van der Waals surface area (Å²) in [7, 11) is 0. The molecule has 1 N–H and O–H groups in total. The third-order valence-electron chi connectivity index (χ3n) is 4.36. The number of aromatic nitrogens is 2. The molecule has 0 saturated carbocycles. The van der Waals surface area contributed by atoms with Crippen molar-refractivity contribution < 1.29 is 27.1 Å². The number of anilines is 2. The SMILES string of the molecule is O=C(Nc1ccc(F)cn1)N1CCOc2ccc(-c3cccc(C(F)(F)F)c3)nc21. The quantitative estimate of drug-likeness (QED) is 0.611. The van der Waals surface area contributed by atoms with Crippen LogP contribution in [0.4, 0.5) is 34.0 Å². The molecule has 3 aromatic rings. The molecule has 0 fully saturated rings. The van der Waals surface area contributed by atoms with Gasteiger partial charge in [-0.25, -0.2) is 19.2 Å². The molecule has 4 rings (SSSR count). The smallest absolute Gasteiger partial charge is 0.416 e. The van der Waals surface area contributed by atoms with Crippen molar-refractivity contribution in [1.82, 2.24) is 9.97 Å². The Hall–Kier alpha value is -3.69. The molecule has 0 saturated heterocycles. The minimum atomic E-state index is -4.48. The molecule has 154 valence electrons. The van der Waals surface area contributed by atoms with Gasteiger partial charge >= 0.3 is 12.2 Å². The Morgan fingerprint density at radius 1 is 1.13 bits per heavy atom. The molecule has 0 unspecified atom stereocenters. The Bertz CT molecular complexity index is 1090. The highest BCUT2D eigenvalue weighted by Crippen LogP contribution is 2.35. The number of ether oxygens (including phenoxy) is 1. The van der Waals surface area contributed by atoms with E-state index in [1.807, 2.05) is 0 Å². The van der Waals surface area contributed by atoms with E-state index in [0.29, 0.717) is 5.75 Å². The van der Waals surface area contributed by atoms with Crippen LogP contribution >= 0.6 is 0 Å². The fraction of sp³-hybridized carbons (Fsp3) is 0.150. The maximum absolute atomic E-state index is 13.0. The average Bonchev–Trinajstić information content (AvgIpc) is 2.74. The summed E-state index contributed by atoms with van der Waals surface area (Å²) in [5.74, 6) is 0.0792. The monoisotopic (exact) mass is 418 g/mol. The zero-order valence-corrected chi connectivity index (χ0v) is 15.3. The number of urea groups is 1. The first-order valence-corrected chi connectivity index (χ1v) is 8.83. The zero-order chi connectivity index (χ0) is 21.3. The molecule has 0 aliphatic carbocycles. The van der Waals surface area contributed by atoms with Crippen molar-refractivity contribution in [2.45, 2.75) is 6.18 Å². The molecule has 2 amide bonds. The normalized spacial score (nSPS) is 13.4. The number of alkyl halides is 3. The average molecular weight is 418 g/mol. The van der Waals surface area contributed by atoms with Crippen molar-refractivity contribution in [3.05, 3.63) is 66.1 Å². The summed E-state index contributed by atoms with van der Waals surface area (Å²) < 4.78 is 57.6. The number of carbonyl (C=O) groups excluding carboxylic acids is 1. The van der Waals surface area contributed by atoms with Crippen LogP contribution in [-0.2, 0) is 6.18 Å². The Labute approximate surface area is 168 Å². The van der Waals surface area contributed by atoms with Gasteiger partial charge < -0.3 is 4.74 Å². The number of nitrogens with one attached hydrogen (secondary N) is 1. The number of benzene rings is 1. The minimum absolute atomic E-state index is 0.142. The van der Waals surface area contributed by atoms with Crippen molar-refractivity contribution >= 4 is 17.7 Å². The summed E-state index contributed by atoms with van der Waals surface area (Å²) in [4.78, 5) is 22.1. The largest absolute Gasteiger partial charge is 0.488 e. The highest BCUT2D eigenvalue weighted by atomic mass is 19.4. The molecule has 0 radical (unpaired) electrons. The molecule has 2 aromatic heterocycles. The summed E-state index contributed by atoms with van der Waals surface area (Å²) >= 11 is 0. The van der Waals surface area contributed by atoms with Crippen molar-refractivity contribution in [2.75, 3.05) is 23.4 Å². The second-order valence-electron chi connectivity index (χ2n) is 6.39. The van der Waals surface area contributed by atoms with Gasteiger partial charge in [0.25, 0.3) is 0 Å². The van der Waals surface area contributed by atoms with Crippen LogP contribution < -0.4 is 15.0 Å². The van der Waals surface area contributed by atoms with Gasteiger partial charge in [0.2, 0.25) is 0 Å². The van der Waals surface area contributed by atoms with Gasteiger partial charge in [-0.05, 0) is 36.4 Å². The van der Waals surface area contributed by atoms with E-state index in [2.05, 4.69) is 15.3 Å². The first-order chi connectivity index (χ1) is 14.3. The van der Waals surface area contributed by atoms with E-state index in [1.54, 1.807) is 6.07 Å². The molecule has 1 aliphatic heterocycles. The van der Waals surface area contributed by atoms with Crippen LogP contribution in [0.3, 0.4) is 0 Å². The van der Waals surface area contributed by atoms with Gasteiger partial charge in [-0.3, -0.25) is 10.2 Å². The molecule has 6 nitrogen and oxygen atoms in total. The van der Waals surface area contributed by atoms with Crippen molar-refractivity contribution in [1.29, 1.82) is 0 Å². The number of halogens is 4. The van der Waals surface area contributed by atoms with Crippen LogP contribution in [0.1, 0.15) is 5.56 Å². The topological polar surface area (TPSA) is 67.4 Å². The maximum atomic E-state index is 13.0. The molecule has 1 aromatic carbocycles. The molecule has 3 heterocycles. The fourth-order valence-electron chi connectivity index (χ4n) is 2.93. The standard InChI is InChI=1S/C20H14F4N4O2/c21-14-4-7-17(25-11-14)27-19(29)28-8-9-30-16-6-5-15(26-18(16)28)12-2-1-3-13(10-12)20(22,23)24/h1-7,10-11H,8-9H2,(H,25,27,29). The second kappa shape index (κ2) is 7.62. The van der Waals surface area contributed by atoms with Crippen LogP contribution in [0.5, 0.6) is 5.75 Å². The lowest BCUT2D eigenvalue weighted by molar-refractivity contribution is -0.137. The number of hydrogen-bond donors (Lipinski definition) is 1. The summed E-state index contributed by atoms with van der Waals surface area (Å²) in [5.41, 5.74) is -0.297. The van der Waals surface area contributed by atoms with Gasteiger partial charge in [0.15, 0.2) is 11.6 Å². The predicted molar refractivity (Wildman–Crippen MR) is 101 cm³/mol. The number of rotatable bonds is 2. The van der Waals surface area contributed by atoms with Crippen molar-refractivity contribution in [2.24, 2.45) is 0 Å². The van der Waals surface area contributed by atoms with Crippen LogP contribution in [0, 0.1) is 5.82 Å². The van der Waals surface area contributed by atoms with Gasteiger partial charge in [0.1, 0.15) is 18.2 Å². The van der Waals surface area contributed by atoms with Gasteiger partial charge in [0, 0.05) is 5.56 Å². The van der Waals surface area contributed by atoms with E-state index in [4.69, 9.17) is 4.74 Å². The highest BCUT2D eigenvalue weighted by Gasteiger charge is 2.31. The molecule has 0 bridgehead atoms. The predicted octanol–water partition coefficient (Wildman–Crippen LogP) is 4.73. The molecular formula is C20H14F4N4O2.